The third-order valence-corrected chi connectivity index (χ3v) is 4.51. The summed E-state index contributed by atoms with van der Waals surface area (Å²) in [6, 6.07) is 19.8. The number of fused-ring (bicyclic) bond motifs is 1. The lowest BCUT2D eigenvalue weighted by atomic mass is 10.2. The number of hydrogen-bond acceptors (Lipinski definition) is 5. The molecule has 0 saturated heterocycles. The van der Waals surface area contributed by atoms with Gasteiger partial charge in [-0.1, -0.05) is 23.7 Å². The number of anilines is 2. The van der Waals surface area contributed by atoms with Crippen LogP contribution in [-0.4, -0.2) is 22.7 Å². The highest BCUT2D eigenvalue weighted by Gasteiger charge is 2.12. The summed E-state index contributed by atoms with van der Waals surface area (Å²) in [5.74, 6) is 1.14. The third-order valence-electron chi connectivity index (χ3n) is 4.27. The molecule has 0 saturated carbocycles. The van der Waals surface area contributed by atoms with Gasteiger partial charge in [-0.25, -0.2) is 4.98 Å². The molecule has 29 heavy (non-hydrogen) atoms. The Bertz CT molecular complexity index is 1250. The molecule has 4 rings (SSSR count). The van der Waals surface area contributed by atoms with Gasteiger partial charge in [0.2, 0.25) is 0 Å². The van der Waals surface area contributed by atoms with E-state index in [1.165, 1.54) is 10.6 Å². The van der Waals surface area contributed by atoms with E-state index < -0.39 is 0 Å². The van der Waals surface area contributed by atoms with Crippen molar-refractivity contribution < 1.29 is 4.74 Å². The van der Waals surface area contributed by atoms with E-state index in [-0.39, 0.29) is 5.56 Å². The predicted molar refractivity (Wildman–Crippen MR) is 116 cm³/mol. The first kappa shape index (κ1) is 18.7. The van der Waals surface area contributed by atoms with Crippen molar-refractivity contribution in [1.29, 1.82) is 0 Å². The Hall–Kier alpha value is -3.64. The van der Waals surface area contributed by atoms with Crippen molar-refractivity contribution in [1.82, 2.24) is 9.38 Å². The Morgan fingerprint density at radius 2 is 1.93 bits per heavy atom. The topological polar surface area (TPSA) is 68.0 Å². The second-order valence-electron chi connectivity index (χ2n) is 6.20. The normalized spacial score (nSPS) is 11.1. The van der Waals surface area contributed by atoms with Crippen LogP contribution >= 0.6 is 11.6 Å². The van der Waals surface area contributed by atoms with E-state index in [2.05, 4.69) is 15.3 Å². The summed E-state index contributed by atoms with van der Waals surface area (Å²) in [5.41, 5.74) is 2.06. The number of benzene rings is 2. The van der Waals surface area contributed by atoms with Crippen LogP contribution in [0.5, 0.6) is 5.75 Å². The van der Waals surface area contributed by atoms with Gasteiger partial charge in [0.05, 0.1) is 12.8 Å². The highest BCUT2D eigenvalue weighted by molar-refractivity contribution is 6.30. The van der Waals surface area contributed by atoms with Gasteiger partial charge in [-0.2, -0.15) is 0 Å². The zero-order valence-electron chi connectivity index (χ0n) is 15.5. The standard InChI is InChI=1S/C22H17ClN4O2/c1-29-18-10-8-16(9-11-18)24-14-19-21(25-17-6-4-5-15(23)13-17)26-20-7-2-3-12-27(20)22(19)28/h2-14,25H,1H3. The number of aromatic nitrogens is 2. The minimum atomic E-state index is -0.225. The maximum atomic E-state index is 13.1. The van der Waals surface area contributed by atoms with Gasteiger partial charge < -0.3 is 10.1 Å². The Morgan fingerprint density at radius 1 is 1.10 bits per heavy atom. The van der Waals surface area contributed by atoms with E-state index >= 15 is 0 Å². The number of nitrogens with zero attached hydrogens (tertiary/aromatic N) is 3. The van der Waals surface area contributed by atoms with E-state index in [1.54, 1.807) is 37.6 Å². The average molecular weight is 405 g/mol. The second kappa shape index (κ2) is 8.16. The molecule has 4 aromatic rings. The minimum Gasteiger partial charge on any atom is -0.497 e. The number of halogens is 1. The first-order chi connectivity index (χ1) is 14.1. The molecule has 0 spiro atoms. The van der Waals surface area contributed by atoms with Gasteiger partial charge in [0, 0.05) is 23.1 Å². The smallest absolute Gasteiger partial charge is 0.268 e. The van der Waals surface area contributed by atoms with Crippen LogP contribution in [0.1, 0.15) is 5.56 Å². The Balaban J connectivity index is 1.80. The van der Waals surface area contributed by atoms with Gasteiger partial charge >= 0.3 is 0 Å². The Kier molecular flexibility index (Phi) is 5.27. The fourth-order valence-electron chi connectivity index (χ4n) is 2.82. The molecule has 2 aromatic heterocycles. The van der Waals surface area contributed by atoms with Crippen LogP contribution < -0.4 is 15.6 Å². The number of methoxy groups -OCH3 is 1. The van der Waals surface area contributed by atoms with Gasteiger partial charge in [0.1, 0.15) is 22.8 Å². The summed E-state index contributed by atoms with van der Waals surface area (Å²) in [5, 5.41) is 3.76. The molecular weight excluding hydrogens is 388 g/mol. The molecule has 2 heterocycles. The maximum absolute atomic E-state index is 13.1. The lowest BCUT2D eigenvalue weighted by Crippen LogP contribution is -2.21. The van der Waals surface area contributed by atoms with Gasteiger partial charge in [-0.15, -0.1) is 0 Å². The molecule has 0 amide bonds. The first-order valence-electron chi connectivity index (χ1n) is 8.86. The van der Waals surface area contributed by atoms with Crippen molar-refractivity contribution in [2.75, 3.05) is 12.4 Å². The van der Waals surface area contributed by atoms with Crippen molar-refractivity contribution in [2.24, 2.45) is 4.99 Å². The highest BCUT2D eigenvalue weighted by Crippen LogP contribution is 2.22. The lowest BCUT2D eigenvalue weighted by Gasteiger charge is -2.10. The van der Waals surface area contributed by atoms with Gasteiger partial charge in [-0.05, 0) is 54.6 Å². The van der Waals surface area contributed by atoms with Crippen LogP contribution in [0.4, 0.5) is 17.2 Å². The zero-order valence-corrected chi connectivity index (χ0v) is 16.3. The summed E-state index contributed by atoms with van der Waals surface area (Å²) >= 11 is 6.08. The predicted octanol–water partition coefficient (Wildman–Crippen LogP) is 4.85. The zero-order chi connectivity index (χ0) is 20.2. The number of ether oxygens (including phenoxy) is 1. The lowest BCUT2D eigenvalue weighted by molar-refractivity contribution is 0.415. The van der Waals surface area contributed by atoms with Crippen molar-refractivity contribution in [3.8, 4) is 5.75 Å². The summed E-state index contributed by atoms with van der Waals surface area (Å²) < 4.78 is 6.64. The second-order valence-corrected chi connectivity index (χ2v) is 6.64. The van der Waals surface area contributed by atoms with Crippen LogP contribution in [0.3, 0.4) is 0 Å². The molecule has 0 unspecified atom stereocenters. The fraction of sp³-hybridized carbons (Fsp3) is 0.0455. The first-order valence-corrected chi connectivity index (χ1v) is 9.24. The molecular formula is C22H17ClN4O2. The SMILES string of the molecule is COc1ccc(N=Cc2c(Nc3cccc(Cl)c3)nc3ccccn3c2=O)cc1. The van der Waals surface area contributed by atoms with Crippen molar-refractivity contribution >= 4 is 40.7 Å². The van der Waals surface area contributed by atoms with Crippen LogP contribution in [-0.2, 0) is 0 Å². The summed E-state index contributed by atoms with van der Waals surface area (Å²) in [4.78, 5) is 22.1. The molecule has 0 aliphatic carbocycles. The van der Waals surface area contributed by atoms with E-state index in [0.717, 1.165) is 11.4 Å². The van der Waals surface area contributed by atoms with Crippen LogP contribution in [0.15, 0.2) is 82.7 Å². The maximum Gasteiger partial charge on any atom is 0.268 e. The summed E-state index contributed by atoms with van der Waals surface area (Å²) in [7, 11) is 1.60. The molecule has 7 heteroatoms. The molecule has 0 fully saturated rings. The van der Waals surface area contributed by atoms with Crippen LogP contribution in [0, 0.1) is 0 Å². The van der Waals surface area contributed by atoms with E-state index in [4.69, 9.17) is 16.3 Å². The molecule has 0 atom stereocenters. The van der Waals surface area contributed by atoms with E-state index in [9.17, 15) is 4.79 Å². The molecule has 0 bridgehead atoms. The molecule has 0 aliphatic heterocycles. The average Bonchev–Trinajstić information content (AvgIpc) is 2.74. The van der Waals surface area contributed by atoms with Crippen LogP contribution in [0.2, 0.25) is 5.02 Å². The Labute approximate surface area is 172 Å². The third kappa shape index (κ3) is 4.12. The molecule has 2 aromatic carbocycles. The highest BCUT2D eigenvalue weighted by atomic mass is 35.5. The number of aliphatic imine (C=N–C) groups is 1. The largest absolute Gasteiger partial charge is 0.497 e. The van der Waals surface area contributed by atoms with E-state index in [0.29, 0.717) is 27.7 Å². The summed E-state index contributed by atoms with van der Waals surface area (Å²) in [6.45, 7) is 0. The van der Waals surface area contributed by atoms with Crippen molar-refractivity contribution in [3.05, 3.63) is 93.9 Å². The van der Waals surface area contributed by atoms with Crippen LogP contribution in [0.25, 0.3) is 5.65 Å². The van der Waals surface area contributed by atoms with Crippen molar-refractivity contribution in [3.63, 3.8) is 0 Å². The van der Waals surface area contributed by atoms with Gasteiger partial charge in [0.25, 0.3) is 5.56 Å². The molecule has 144 valence electrons. The number of pyridine rings is 1. The Morgan fingerprint density at radius 3 is 2.69 bits per heavy atom. The monoisotopic (exact) mass is 404 g/mol. The summed E-state index contributed by atoms with van der Waals surface area (Å²) in [6.07, 6.45) is 3.20. The van der Waals surface area contributed by atoms with Crippen molar-refractivity contribution in [2.45, 2.75) is 0 Å². The van der Waals surface area contributed by atoms with Gasteiger partial charge in [-0.3, -0.25) is 14.2 Å². The fourth-order valence-corrected chi connectivity index (χ4v) is 3.02. The quantitative estimate of drug-likeness (QED) is 0.483. The minimum absolute atomic E-state index is 0.225. The van der Waals surface area contributed by atoms with Gasteiger partial charge in [0.15, 0.2) is 0 Å². The molecule has 6 nitrogen and oxygen atoms in total. The number of rotatable bonds is 5. The number of nitrogens with one attached hydrogen (secondary N) is 1. The molecule has 0 aliphatic rings. The van der Waals surface area contributed by atoms with E-state index in [1.807, 2.05) is 42.5 Å². The molecule has 1 N–H and O–H groups in total. The number of hydrogen-bond donors (Lipinski definition) is 1. The molecule has 0 radical (unpaired) electrons.